The van der Waals surface area contributed by atoms with Crippen molar-refractivity contribution in [2.45, 2.75) is 34.1 Å². The predicted octanol–water partition coefficient (Wildman–Crippen LogP) is 5.05. The molecular weight excluding hydrogens is 427 g/mol. The Labute approximate surface area is 185 Å². The largest absolute Gasteiger partial charge is 0.506 e. The van der Waals surface area contributed by atoms with Gasteiger partial charge in [-0.15, -0.1) is 0 Å². The number of hydrogen-bond acceptors (Lipinski definition) is 5. The molecular formula is C23H22Cl2O5. The highest BCUT2D eigenvalue weighted by molar-refractivity contribution is 6.41. The molecule has 0 saturated heterocycles. The highest BCUT2D eigenvalue weighted by Gasteiger charge is 2.56. The molecule has 0 unspecified atom stereocenters. The van der Waals surface area contributed by atoms with E-state index in [9.17, 15) is 19.5 Å². The van der Waals surface area contributed by atoms with Gasteiger partial charge < -0.3 is 9.84 Å². The molecule has 30 heavy (non-hydrogen) atoms. The molecule has 0 amide bonds. The lowest BCUT2D eigenvalue weighted by atomic mass is 9.60. The van der Waals surface area contributed by atoms with Crippen LogP contribution in [-0.2, 0) is 25.5 Å². The third-order valence-electron chi connectivity index (χ3n) is 5.72. The maximum atomic E-state index is 13.0. The van der Waals surface area contributed by atoms with Crippen LogP contribution < -0.4 is 0 Å². The number of allylic oxidation sites excluding steroid dienone is 2. The van der Waals surface area contributed by atoms with Crippen molar-refractivity contribution in [2.75, 3.05) is 6.61 Å². The zero-order chi connectivity index (χ0) is 22.6. The van der Waals surface area contributed by atoms with E-state index < -0.39 is 39.5 Å². The number of ketones is 3. The van der Waals surface area contributed by atoms with E-state index in [0.717, 1.165) is 5.57 Å². The Balaban J connectivity index is 2.17. The summed E-state index contributed by atoms with van der Waals surface area (Å²) in [6.45, 7) is 10.0. The van der Waals surface area contributed by atoms with E-state index in [1.807, 2.05) is 6.08 Å². The minimum absolute atomic E-state index is 0.0962. The normalized spacial score (nSPS) is 20.3. The second-order valence-electron chi connectivity index (χ2n) is 8.49. The van der Waals surface area contributed by atoms with Gasteiger partial charge >= 0.3 is 0 Å². The number of halogens is 2. The Hall–Kier alpha value is -2.37. The highest BCUT2D eigenvalue weighted by atomic mass is 35.5. The fraction of sp³-hybridized carbons (Fsp3) is 0.348. The van der Waals surface area contributed by atoms with Crippen molar-refractivity contribution in [2.24, 2.45) is 10.8 Å². The molecule has 1 N–H and O–H groups in total. The van der Waals surface area contributed by atoms with Crippen LogP contribution in [0.15, 0.2) is 41.7 Å². The number of aliphatic hydroxyl groups is 1. The van der Waals surface area contributed by atoms with Crippen molar-refractivity contribution in [3.05, 3.63) is 62.9 Å². The minimum atomic E-state index is -1.45. The number of aliphatic hydroxyl groups excluding tert-OH is 1. The quantitative estimate of drug-likeness (QED) is 0.302. The lowest BCUT2D eigenvalue weighted by Gasteiger charge is -2.37. The Morgan fingerprint density at radius 2 is 1.67 bits per heavy atom. The van der Waals surface area contributed by atoms with Crippen LogP contribution in [0.1, 0.15) is 38.8 Å². The molecule has 1 heterocycles. The third-order valence-corrected chi connectivity index (χ3v) is 6.50. The third kappa shape index (κ3) is 3.30. The predicted molar refractivity (Wildman–Crippen MR) is 115 cm³/mol. The van der Waals surface area contributed by atoms with Crippen LogP contribution in [0.2, 0.25) is 10.0 Å². The van der Waals surface area contributed by atoms with Crippen molar-refractivity contribution < 1.29 is 24.2 Å². The molecule has 0 atom stereocenters. The average Bonchev–Trinajstić information content (AvgIpc) is 3.07. The molecule has 1 saturated carbocycles. The number of rotatable bonds is 3. The van der Waals surface area contributed by atoms with Gasteiger partial charge in [0, 0.05) is 17.0 Å². The fourth-order valence-electron chi connectivity index (χ4n) is 3.82. The second kappa shape index (κ2) is 7.40. The summed E-state index contributed by atoms with van der Waals surface area (Å²) in [6.07, 6.45) is 2.16. The molecule has 7 heteroatoms. The summed E-state index contributed by atoms with van der Waals surface area (Å²) in [6, 6.07) is 2.98. The standard InChI is InChI=1S/C23H22Cl2O5/c1-11-12(8-9-30-11)10-14-15(24)7-6-13(17(14)25)18(26)16-19(27)22(2,3)21(29)23(4,5)20(16)28/h6-8,26H,1,9-10H2,2-5H3. The van der Waals surface area contributed by atoms with E-state index in [-0.39, 0.29) is 10.6 Å². The smallest absolute Gasteiger partial charge is 0.183 e. The minimum Gasteiger partial charge on any atom is -0.506 e. The molecule has 3 rings (SSSR count). The van der Waals surface area contributed by atoms with Crippen LogP contribution >= 0.6 is 23.2 Å². The van der Waals surface area contributed by atoms with Crippen LogP contribution in [-0.4, -0.2) is 29.1 Å². The molecule has 158 valence electrons. The van der Waals surface area contributed by atoms with Crippen LogP contribution in [0.3, 0.4) is 0 Å². The van der Waals surface area contributed by atoms with Crippen LogP contribution in [0.25, 0.3) is 5.76 Å². The van der Waals surface area contributed by atoms with Gasteiger partial charge in [0.1, 0.15) is 23.7 Å². The van der Waals surface area contributed by atoms with Gasteiger partial charge in [0.15, 0.2) is 17.3 Å². The molecule has 1 fully saturated rings. The van der Waals surface area contributed by atoms with Gasteiger partial charge in [0.25, 0.3) is 0 Å². The highest BCUT2D eigenvalue weighted by Crippen LogP contribution is 2.44. The van der Waals surface area contributed by atoms with Gasteiger partial charge in [0.2, 0.25) is 0 Å². The number of hydrogen-bond donors (Lipinski definition) is 1. The lowest BCUT2D eigenvalue weighted by Crippen LogP contribution is -2.54. The molecule has 0 radical (unpaired) electrons. The molecule has 1 aromatic carbocycles. The fourth-order valence-corrected chi connectivity index (χ4v) is 4.41. The van der Waals surface area contributed by atoms with Crippen molar-refractivity contribution in [1.29, 1.82) is 0 Å². The molecule has 1 aliphatic heterocycles. The maximum absolute atomic E-state index is 13.0. The van der Waals surface area contributed by atoms with Gasteiger partial charge in [-0.3, -0.25) is 14.4 Å². The van der Waals surface area contributed by atoms with E-state index in [0.29, 0.717) is 29.4 Å². The van der Waals surface area contributed by atoms with Gasteiger partial charge in [-0.2, -0.15) is 0 Å². The Bertz CT molecular complexity index is 1040. The van der Waals surface area contributed by atoms with Gasteiger partial charge in [0.05, 0.1) is 15.9 Å². The van der Waals surface area contributed by atoms with E-state index in [2.05, 4.69) is 6.58 Å². The summed E-state index contributed by atoms with van der Waals surface area (Å²) in [5.41, 5.74) is -1.92. The summed E-state index contributed by atoms with van der Waals surface area (Å²) < 4.78 is 5.32. The summed E-state index contributed by atoms with van der Waals surface area (Å²) in [4.78, 5) is 38.6. The Morgan fingerprint density at radius 3 is 2.17 bits per heavy atom. The Kier molecular flexibility index (Phi) is 5.50. The molecule has 1 aromatic rings. The first-order chi connectivity index (χ1) is 13.8. The molecule has 0 bridgehead atoms. The summed E-state index contributed by atoms with van der Waals surface area (Å²) in [5.74, 6) is -2.01. The van der Waals surface area contributed by atoms with Gasteiger partial charge in [-0.05, 0) is 57.0 Å². The van der Waals surface area contributed by atoms with E-state index in [1.54, 1.807) is 0 Å². The van der Waals surface area contributed by atoms with Crippen molar-refractivity contribution in [1.82, 2.24) is 0 Å². The van der Waals surface area contributed by atoms with E-state index in [1.165, 1.54) is 39.8 Å². The number of ether oxygens (including phenoxy) is 1. The zero-order valence-electron chi connectivity index (χ0n) is 17.2. The Morgan fingerprint density at radius 1 is 1.10 bits per heavy atom. The number of carbonyl (C=O) groups is 3. The first-order valence-electron chi connectivity index (χ1n) is 9.38. The van der Waals surface area contributed by atoms with Crippen LogP contribution in [0, 0.1) is 10.8 Å². The van der Waals surface area contributed by atoms with Gasteiger partial charge in [-0.1, -0.05) is 29.8 Å². The number of Topliss-reactive ketones (excluding diaryl/α,β-unsaturated/α-hetero) is 3. The summed E-state index contributed by atoms with van der Waals surface area (Å²) >= 11 is 12.9. The maximum Gasteiger partial charge on any atom is 0.183 e. The summed E-state index contributed by atoms with van der Waals surface area (Å²) in [5, 5.41) is 11.5. The molecule has 0 spiro atoms. The van der Waals surface area contributed by atoms with Crippen molar-refractivity contribution >= 4 is 46.3 Å². The van der Waals surface area contributed by atoms with Crippen molar-refractivity contribution in [3.63, 3.8) is 0 Å². The van der Waals surface area contributed by atoms with Gasteiger partial charge in [-0.25, -0.2) is 0 Å². The number of carbonyl (C=O) groups excluding carboxylic acids is 3. The first-order valence-corrected chi connectivity index (χ1v) is 10.1. The second-order valence-corrected chi connectivity index (χ2v) is 9.27. The molecule has 0 aromatic heterocycles. The monoisotopic (exact) mass is 448 g/mol. The van der Waals surface area contributed by atoms with Crippen LogP contribution in [0.5, 0.6) is 0 Å². The topological polar surface area (TPSA) is 80.7 Å². The zero-order valence-corrected chi connectivity index (χ0v) is 18.7. The lowest BCUT2D eigenvalue weighted by molar-refractivity contribution is -0.151. The number of benzene rings is 1. The van der Waals surface area contributed by atoms with E-state index in [4.69, 9.17) is 27.9 Å². The molecule has 2 aliphatic rings. The van der Waals surface area contributed by atoms with Crippen molar-refractivity contribution in [3.8, 4) is 0 Å². The first kappa shape index (κ1) is 22.3. The SMILES string of the molecule is C=C1OCC=C1Cc1c(Cl)ccc(C(O)=C2C(=O)C(C)(C)C(=O)C(C)(C)C2=O)c1Cl. The average molecular weight is 449 g/mol. The molecule has 5 nitrogen and oxygen atoms in total. The summed E-state index contributed by atoms with van der Waals surface area (Å²) in [7, 11) is 0. The van der Waals surface area contributed by atoms with E-state index >= 15 is 0 Å². The molecule has 1 aliphatic carbocycles. The van der Waals surface area contributed by atoms with Crippen LogP contribution in [0.4, 0.5) is 0 Å².